The van der Waals surface area contributed by atoms with Crippen molar-refractivity contribution in [1.29, 1.82) is 0 Å². The zero-order valence-electron chi connectivity index (χ0n) is 9.61. The summed E-state index contributed by atoms with van der Waals surface area (Å²) in [5.41, 5.74) is 2.11. The van der Waals surface area contributed by atoms with Crippen LogP contribution in [0.5, 0.6) is 0 Å². The van der Waals surface area contributed by atoms with Crippen molar-refractivity contribution >= 4 is 39.0 Å². The second-order valence-electron chi connectivity index (χ2n) is 4.34. The van der Waals surface area contributed by atoms with Crippen LogP contribution in [0.15, 0.2) is 16.7 Å². The summed E-state index contributed by atoms with van der Waals surface area (Å²) >= 11 is 9.65. The third-order valence-electron chi connectivity index (χ3n) is 3.08. The van der Waals surface area contributed by atoms with Gasteiger partial charge >= 0.3 is 5.97 Å². The van der Waals surface area contributed by atoms with E-state index in [-0.39, 0.29) is 5.69 Å². The van der Waals surface area contributed by atoms with Crippen LogP contribution >= 0.6 is 27.5 Å². The van der Waals surface area contributed by atoms with E-state index in [1.165, 1.54) is 25.5 Å². The first kappa shape index (κ1) is 12.0. The summed E-state index contributed by atoms with van der Waals surface area (Å²) in [6.07, 6.45) is 2.41. The molecular formula is C12H10BrClN2O2. The number of halogens is 2. The molecule has 0 aliphatic heterocycles. The van der Waals surface area contributed by atoms with E-state index in [1.54, 1.807) is 4.52 Å². The molecule has 0 saturated heterocycles. The molecule has 0 unspecified atom stereocenters. The van der Waals surface area contributed by atoms with Crippen LogP contribution in [0.4, 0.5) is 0 Å². The molecule has 2 aromatic rings. The third-order valence-corrected chi connectivity index (χ3v) is 4.02. The number of aromatic nitrogens is 2. The molecule has 0 amide bonds. The first-order valence-electron chi connectivity index (χ1n) is 5.58. The molecule has 0 aromatic carbocycles. The molecule has 0 bridgehead atoms. The Morgan fingerprint density at radius 2 is 2.28 bits per heavy atom. The van der Waals surface area contributed by atoms with Gasteiger partial charge in [-0.25, -0.2) is 9.31 Å². The molecule has 6 heteroatoms. The number of methoxy groups -OCH3 is 1. The van der Waals surface area contributed by atoms with Crippen molar-refractivity contribution < 1.29 is 9.53 Å². The Bertz CT molecular complexity index is 649. The van der Waals surface area contributed by atoms with Gasteiger partial charge < -0.3 is 4.74 Å². The van der Waals surface area contributed by atoms with Gasteiger partial charge in [-0.15, -0.1) is 0 Å². The van der Waals surface area contributed by atoms with Crippen molar-refractivity contribution in [2.24, 2.45) is 0 Å². The Morgan fingerprint density at radius 1 is 1.56 bits per heavy atom. The van der Waals surface area contributed by atoms with Gasteiger partial charge in [0.25, 0.3) is 0 Å². The van der Waals surface area contributed by atoms with Crippen molar-refractivity contribution in [3.8, 4) is 0 Å². The van der Waals surface area contributed by atoms with Gasteiger partial charge in [-0.3, -0.25) is 0 Å². The van der Waals surface area contributed by atoms with E-state index in [0.29, 0.717) is 10.9 Å². The molecule has 0 spiro atoms. The van der Waals surface area contributed by atoms with Crippen LogP contribution in [0.2, 0.25) is 5.02 Å². The summed E-state index contributed by atoms with van der Waals surface area (Å²) in [6.45, 7) is 0. The molecule has 3 rings (SSSR count). The summed E-state index contributed by atoms with van der Waals surface area (Å²) in [6, 6.07) is 4.01. The lowest BCUT2D eigenvalue weighted by molar-refractivity contribution is 0.0594. The Morgan fingerprint density at radius 3 is 2.89 bits per heavy atom. The highest BCUT2D eigenvalue weighted by Gasteiger charge is 2.26. The van der Waals surface area contributed by atoms with Crippen LogP contribution in [-0.4, -0.2) is 22.7 Å². The lowest BCUT2D eigenvalue weighted by atomic mass is 10.1. The minimum atomic E-state index is -0.524. The van der Waals surface area contributed by atoms with E-state index < -0.39 is 5.97 Å². The summed E-state index contributed by atoms with van der Waals surface area (Å²) in [4.78, 5) is 11.5. The van der Waals surface area contributed by atoms with Crippen LogP contribution in [0.25, 0.3) is 5.52 Å². The van der Waals surface area contributed by atoms with Crippen molar-refractivity contribution in [2.75, 3.05) is 7.11 Å². The third kappa shape index (κ3) is 1.82. The highest BCUT2D eigenvalue weighted by Crippen LogP contribution is 2.42. The average molecular weight is 330 g/mol. The first-order chi connectivity index (χ1) is 8.61. The van der Waals surface area contributed by atoms with E-state index in [1.807, 2.05) is 12.1 Å². The molecule has 1 aliphatic rings. The Hall–Kier alpha value is -1.07. The van der Waals surface area contributed by atoms with Crippen LogP contribution in [0, 0.1) is 0 Å². The molecule has 0 N–H and O–H groups in total. The van der Waals surface area contributed by atoms with Gasteiger partial charge in [-0.05, 0) is 52.4 Å². The number of ether oxygens (including phenoxy) is 1. The van der Waals surface area contributed by atoms with Crippen LogP contribution in [0.3, 0.4) is 0 Å². The van der Waals surface area contributed by atoms with E-state index in [4.69, 9.17) is 11.6 Å². The molecule has 0 radical (unpaired) electrons. The monoisotopic (exact) mass is 328 g/mol. The van der Waals surface area contributed by atoms with Gasteiger partial charge in [-0.1, -0.05) is 11.6 Å². The van der Waals surface area contributed by atoms with Gasteiger partial charge in [0, 0.05) is 0 Å². The molecular weight excluding hydrogens is 320 g/mol. The van der Waals surface area contributed by atoms with Crippen molar-refractivity contribution in [3.63, 3.8) is 0 Å². The predicted molar refractivity (Wildman–Crippen MR) is 71.2 cm³/mol. The SMILES string of the molecule is COC(=O)c1nn2c(Br)cc(C3CC3)cc2c1Cl. The lowest BCUT2D eigenvalue weighted by Crippen LogP contribution is -2.03. The second-order valence-corrected chi connectivity index (χ2v) is 5.53. The molecule has 1 fully saturated rings. The number of carbonyl (C=O) groups excluding carboxylic acids is 1. The highest BCUT2D eigenvalue weighted by atomic mass is 79.9. The Labute approximate surface area is 117 Å². The maximum atomic E-state index is 11.5. The van der Waals surface area contributed by atoms with Crippen LogP contribution < -0.4 is 0 Å². The number of carbonyl (C=O) groups is 1. The number of esters is 1. The van der Waals surface area contributed by atoms with Gasteiger partial charge in [-0.2, -0.15) is 5.10 Å². The molecule has 4 nitrogen and oxygen atoms in total. The van der Waals surface area contributed by atoms with E-state index in [0.717, 1.165) is 10.1 Å². The molecule has 2 aromatic heterocycles. The maximum Gasteiger partial charge on any atom is 0.360 e. The van der Waals surface area contributed by atoms with E-state index >= 15 is 0 Å². The molecule has 94 valence electrons. The van der Waals surface area contributed by atoms with Gasteiger partial charge in [0.15, 0.2) is 5.69 Å². The van der Waals surface area contributed by atoms with Crippen molar-refractivity contribution in [1.82, 2.24) is 9.61 Å². The maximum absolute atomic E-state index is 11.5. The molecule has 0 atom stereocenters. The summed E-state index contributed by atoms with van der Waals surface area (Å²) in [7, 11) is 1.31. The predicted octanol–water partition coefficient (Wildman–Crippen LogP) is 3.41. The Balaban J connectivity index is 2.23. The number of nitrogens with zero attached hydrogens (tertiary/aromatic N) is 2. The highest BCUT2D eigenvalue weighted by molar-refractivity contribution is 9.10. The summed E-state index contributed by atoms with van der Waals surface area (Å²) < 4.78 is 7.06. The zero-order valence-corrected chi connectivity index (χ0v) is 12.0. The largest absolute Gasteiger partial charge is 0.464 e. The fourth-order valence-electron chi connectivity index (χ4n) is 1.98. The van der Waals surface area contributed by atoms with Crippen molar-refractivity contribution in [3.05, 3.63) is 33.0 Å². The number of fused-ring (bicyclic) bond motifs is 1. The average Bonchev–Trinajstić information content (AvgIpc) is 3.15. The number of rotatable bonds is 2. The fourth-order valence-corrected chi connectivity index (χ4v) is 2.76. The number of hydrogen-bond acceptors (Lipinski definition) is 3. The standard InChI is InChI=1S/C12H10BrClN2O2/c1-18-12(17)11-10(14)8-4-7(6-2-3-6)5-9(13)16(8)15-11/h4-6H,2-3H2,1H3. The minimum absolute atomic E-state index is 0.146. The van der Waals surface area contributed by atoms with Gasteiger partial charge in [0.1, 0.15) is 9.63 Å². The normalized spacial score (nSPS) is 15.1. The summed E-state index contributed by atoms with van der Waals surface area (Å²) in [5, 5.41) is 4.50. The van der Waals surface area contributed by atoms with E-state index in [9.17, 15) is 4.79 Å². The zero-order chi connectivity index (χ0) is 12.9. The van der Waals surface area contributed by atoms with Crippen molar-refractivity contribution in [2.45, 2.75) is 18.8 Å². The quantitative estimate of drug-likeness (QED) is 0.626. The molecule has 18 heavy (non-hydrogen) atoms. The minimum Gasteiger partial charge on any atom is -0.464 e. The molecule has 1 aliphatic carbocycles. The van der Waals surface area contributed by atoms with Crippen LogP contribution in [0.1, 0.15) is 34.8 Å². The smallest absolute Gasteiger partial charge is 0.360 e. The van der Waals surface area contributed by atoms with E-state index in [2.05, 4.69) is 25.8 Å². The number of hydrogen-bond donors (Lipinski definition) is 0. The first-order valence-corrected chi connectivity index (χ1v) is 6.75. The molecule has 1 saturated carbocycles. The molecule has 2 heterocycles. The van der Waals surface area contributed by atoms with Crippen LogP contribution in [-0.2, 0) is 4.74 Å². The van der Waals surface area contributed by atoms with Gasteiger partial charge in [0.2, 0.25) is 0 Å². The number of pyridine rings is 1. The fraction of sp³-hybridized carbons (Fsp3) is 0.333. The Kier molecular flexibility index (Phi) is 2.83. The lowest BCUT2D eigenvalue weighted by Gasteiger charge is -2.02. The topological polar surface area (TPSA) is 43.6 Å². The second kappa shape index (κ2) is 4.24. The summed E-state index contributed by atoms with van der Waals surface area (Å²) in [5.74, 6) is 0.0856. The van der Waals surface area contributed by atoms with Gasteiger partial charge in [0.05, 0.1) is 12.6 Å².